The number of aryl methyl sites for hydroxylation is 1. The molecule has 0 radical (unpaired) electrons. The lowest BCUT2D eigenvalue weighted by Gasteiger charge is -2.20. The Hall–Kier alpha value is -2.27. The molecule has 128 valence electrons. The second-order valence-corrected chi connectivity index (χ2v) is 6.49. The summed E-state index contributed by atoms with van der Waals surface area (Å²) in [5.41, 5.74) is 3.23. The minimum atomic E-state index is -0.0129. The van der Waals surface area contributed by atoms with Crippen LogP contribution in [0.4, 0.5) is 11.4 Å². The minimum Gasteiger partial charge on any atom is -0.468 e. The van der Waals surface area contributed by atoms with E-state index in [1.807, 2.05) is 37.1 Å². The first kappa shape index (κ1) is 16.6. The lowest BCUT2D eigenvalue weighted by atomic mass is 10.1. The van der Waals surface area contributed by atoms with E-state index in [1.165, 1.54) is 18.5 Å². The normalized spacial score (nSPS) is 14.4. The number of anilines is 2. The number of benzene rings is 1. The summed E-state index contributed by atoms with van der Waals surface area (Å²) in [7, 11) is 1.91. The molecule has 1 amide bonds. The summed E-state index contributed by atoms with van der Waals surface area (Å²) in [6, 6.07) is 10.0. The van der Waals surface area contributed by atoms with Gasteiger partial charge in [-0.3, -0.25) is 9.69 Å². The number of furan rings is 1. The van der Waals surface area contributed by atoms with Crippen LogP contribution in [-0.4, -0.2) is 37.5 Å². The monoisotopic (exact) mass is 327 g/mol. The quantitative estimate of drug-likeness (QED) is 0.885. The number of hydrogen-bond acceptors (Lipinski definition) is 4. The Morgan fingerprint density at radius 2 is 2.08 bits per heavy atom. The highest BCUT2D eigenvalue weighted by Crippen LogP contribution is 2.25. The topological polar surface area (TPSA) is 48.7 Å². The van der Waals surface area contributed by atoms with Crippen molar-refractivity contribution in [2.24, 2.45) is 0 Å². The molecule has 1 aromatic heterocycles. The maximum absolute atomic E-state index is 12.3. The molecule has 5 nitrogen and oxygen atoms in total. The van der Waals surface area contributed by atoms with E-state index in [0.717, 1.165) is 30.1 Å². The van der Waals surface area contributed by atoms with Crippen LogP contribution in [0.15, 0.2) is 41.0 Å². The average molecular weight is 327 g/mol. The Balaban J connectivity index is 1.55. The fraction of sp³-hybridized carbons (Fsp3) is 0.421. The van der Waals surface area contributed by atoms with E-state index >= 15 is 0 Å². The molecule has 0 spiro atoms. The van der Waals surface area contributed by atoms with Crippen LogP contribution in [0.3, 0.4) is 0 Å². The van der Waals surface area contributed by atoms with Gasteiger partial charge in [0.25, 0.3) is 0 Å². The zero-order chi connectivity index (χ0) is 16.9. The van der Waals surface area contributed by atoms with Gasteiger partial charge in [-0.1, -0.05) is 0 Å². The zero-order valence-electron chi connectivity index (χ0n) is 14.4. The number of carbonyl (C=O) groups is 1. The lowest BCUT2D eigenvalue weighted by Crippen LogP contribution is -2.30. The highest BCUT2D eigenvalue weighted by atomic mass is 16.3. The number of carbonyl (C=O) groups excluding carboxylic acids is 1. The average Bonchev–Trinajstić information content (AvgIpc) is 3.22. The highest BCUT2D eigenvalue weighted by Gasteiger charge is 2.14. The molecular formula is C19H25N3O2. The molecule has 2 aromatic rings. The largest absolute Gasteiger partial charge is 0.468 e. The van der Waals surface area contributed by atoms with Gasteiger partial charge in [-0.25, -0.2) is 0 Å². The number of nitrogens with zero attached hydrogens (tertiary/aromatic N) is 2. The Kier molecular flexibility index (Phi) is 5.20. The fourth-order valence-corrected chi connectivity index (χ4v) is 3.12. The first-order valence-electron chi connectivity index (χ1n) is 8.48. The molecule has 0 atom stereocenters. The third-order valence-electron chi connectivity index (χ3n) is 4.37. The standard InChI is InChI=1S/C19H25N3O2/c1-15-12-16(22-9-3-4-10-22)7-8-18(15)20-19(23)14-21(2)13-17-6-5-11-24-17/h5-8,11-12H,3-4,9-10,13-14H2,1-2H3,(H,20,23). The van der Waals surface area contributed by atoms with Gasteiger partial charge in [0, 0.05) is 24.5 Å². The molecule has 1 N–H and O–H groups in total. The van der Waals surface area contributed by atoms with Crippen LogP contribution in [0.25, 0.3) is 0 Å². The Morgan fingerprint density at radius 3 is 2.75 bits per heavy atom. The van der Waals surface area contributed by atoms with Gasteiger partial charge in [0.05, 0.1) is 19.4 Å². The number of likely N-dealkylation sites (N-methyl/N-ethyl adjacent to an activating group) is 1. The van der Waals surface area contributed by atoms with Crippen molar-refractivity contribution in [2.75, 3.05) is 36.9 Å². The molecule has 24 heavy (non-hydrogen) atoms. The summed E-state index contributed by atoms with van der Waals surface area (Å²) in [5, 5.41) is 3.01. The molecule has 0 bridgehead atoms. The van der Waals surface area contributed by atoms with Crippen molar-refractivity contribution >= 4 is 17.3 Å². The molecule has 1 saturated heterocycles. The van der Waals surface area contributed by atoms with Gasteiger partial charge in [0.2, 0.25) is 5.91 Å². The maximum Gasteiger partial charge on any atom is 0.238 e. The second kappa shape index (κ2) is 7.53. The van der Waals surface area contributed by atoms with Gasteiger partial charge in [-0.05, 0) is 62.7 Å². The van der Waals surface area contributed by atoms with E-state index in [2.05, 4.69) is 22.3 Å². The first-order valence-corrected chi connectivity index (χ1v) is 8.48. The van der Waals surface area contributed by atoms with Crippen molar-refractivity contribution in [1.82, 2.24) is 4.90 Å². The van der Waals surface area contributed by atoms with Crippen molar-refractivity contribution in [2.45, 2.75) is 26.3 Å². The van der Waals surface area contributed by atoms with Gasteiger partial charge in [-0.15, -0.1) is 0 Å². The maximum atomic E-state index is 12.3. The molecule has 1 aliphatic rings. The van der Waals surface area contributed by atoms with Crippen LogP contribution in [0, 0.1) is 6.92 Å². The van der Waals surface area contributed by atoms with Crippen molar-refractivity contribution in [3.63, 3.8) is 0 Å². The van der Waals surface area contributed by atoms with Gasteiger partial charge >= 0.3 is 0 Å². The van der Waals surface area contributed by atoms with Gasteiger partial charge in [-0.2, -0.15) is 0 Å². The van der Waals surface area contributed by atoms with Crippen molar-refractivity contribution in [3.8, 4) is 0 Å². The predicted octanol–water partition coefficient (Wildman–Crippen LogP) is 3.26. The number of amides is 1. The van der Waals surface area contributed by atoms with Gasteiger partial charge < -0.3 is 14.6 Å². The van der Waals surface area contributed by atoms with Crippen LogP contribution in [0.1, 0.15) is 24.2 Å². The first-order chi connectivity index (χ1) is 11.6. The molecule has 3 rings (SSSR count). The summed E-state index contributed by atoms with van der Waals surface area (Å²) in [6.07, 6.45) is 4.17. The molecule has 0 saturated carbocycles. The summed E-state index contributed by atoms with van der Waals surface area (Å²) < 4.78 is 5.31. The van der Waals surface area contributed by atoms with Gasteiger partial charge in [0.15, 0.2) is 0 Å². The summed E-state index contributed by atoms with van der Waals surface area (Å²) >= 11 is 0. The number of rotatable bonds is 6. The molecule has 1 fully saturated rings. The fourth-order valence-electron chi connectivity index (χ4n) is 3.12. The van der Waals surface area contributed by atoms with E-state index in [-0.39, 0.29) is 5.91 Å². The number of hydrogen-bond donors (Lipinski definition) is 1. The molecule has 0 unspecified atom stereocenters. The Labute approximate surface area is 143 Å². The third-order valence-corrected chi connectivity index (χ3v) is 4.37. The summed E-state index contributed by atoms with van der Waals surface area (Å²) in [5.74, 6) is 0.845. The molecule has 5 heteroatoms. The molecule has 1 aromatic carbocycles. The van der Waals surface area contributed by atoms with Crippen LogP contribution < -0.4 is 10.2 Å². The van der Waals surface area contributed by atoms with Crippen molar-refractivity contribution in [1.29, 1.82) is 0 Å². The van der Waals surface area contributed by atoms with E-state index in [0.29, 0.717) is 13.1 Å². The number of nitrogens with one attached hydrogen (secondary N) is 1. The Bertz CT molecular complexity index is 676. The molecule has 2 heterocycles. The van der Waals surface area contributed by atoms with Crippen molar-refractivity contribution < 1.29 is 9.21 Å². The SMILES string of the molecule is Cc1cc(N2CCCC2)ccc1NC(=O)CN(C)Cc1ccco1. The lowest BCUT2D eigenvalue weighted by molar-refractivity contribution is -0.117. The third kappa shape index (κ3) is 4.17. The van der Waals surface area contributed by atoms with Crippen molar-refractivity contribution in [3.05, 3.63) is 47.9 Å². The minimum absolute atomic E-state index is 0.0129. The predicted molar refractivity (Wildman–Crippen MR) is 96.3 cm³/mol. The van der Waals surface area contributed by atoms with Crippen LogP contribution in [-0.2, 0) is 11.3 Å². The van der Waals surface area contributed by atoms with Gasteiger partial charge in [0.1, 0.15) is 5.76 Å². The summed E-state index contributed by atoms with van der Waals surface area (Å²) in [6.45, 7) is 5.24. The molecule has 0 aliphatic carbocycles. The van der Waals surface area contributed by atoms with Crippen LogP contribution >= 0.6 is 0 Å². The Morgan fingerprint density at radius 1 is 1.29 bits per heavy atom. The van der Waals surface area contributed by atoms with E-state index in [9.17, 15) is 4.79 Å². The zero-order valence-corrected chi connectivity index (χ0v) is 14.4. The highest BCUT2D eigenvalue weighted by molar-refractivity contribution is 5.93. The van der Waals surface area contributed by atoms with E-state index < -0.39 is 0 Å². The van der Waals surface area contributed by atoms with E-state index in [1.54, 1.807) is 6.26 Å². The molecular weight excluding hydrogens is 302 g/mol. The second-order valence-electron chi connectivity index (χ2n) is 6.49. The smallest absolute Gasteiger partial charge is 0.238 e. The summed E-state index contributed by atoms with van der Waals surface area (Å²) in [4.78, 5) is 16.6. The van der Waals surface area contributed by atoms with Crippen LogP contribution in [0.2, 0.25) is 0 Å². The van der Waals surface area contributed by atoms with E-state index in [4.69, 9.17) is 4.42 Å². The molecule has 1 aliphatic heterocycles. The van der Waals surface area contributed by atoms with Crippen LogP contribution in [0.5, 0.6) is 0 Å².